The van der Waals surface area contributed by atoms with Gasteiger partial charge in [-0.1, -0.05) is 0 Å². The fraction of sp³-hybridized carbons (Fsp3) is 0.375. The molecule has 0 bridgehead atoms. The number of amides is 1. The van der Waals surface area contributed by atoms with E-state index in [1.165, 1.54) is 11.3 Å². The van der Waals surface area contributed by atoms with Gasteiger partial charge in [0.05, 0.1) is 17.1 Å². The highest BCUT2D eigenvalue weighted by Gasteiger charge is 2.23. The van der Waals surface area contributed by atoms with E-state index in [4.69, 9.17) is 0 Å². The first-order valence-corrected chi connectivity index (χ1v) is 8.62. The van der Waals surface area contributed by atoms with Gasteiger partial charge in [0.1, 0.15) is 10.7 Å². The van der Waals surface area contributed by atoms with Crippen molar-refractivity contribution in [2.24, 2.45) is 7.05 Å². The molecule has 0 saturated heterocycles. The number of hydrogen-bond donors (Lipinski definition) is 0. The van der Waals surface area contributed by atoms with Crippen molar-refractivity contribution in [3.63, 3.8) is 0 Å². The average Bonchev–Trinajstić information content (AvgIpc) is 3.07. The second-order valence-corrected chi connectivity index (χ2v) is 7.24. The summed E-state index contributed by atoms with van der Waals surface area (Å²) in [4.78, 5) is 33.6. The molecule has 124 valence electrons. The number of aryl methyl sites for hydroxylation is 2. The van der Waals surface area contributed by atoms with Crippen molar-refractivity contribution in [2.75, 3.05) is 13.1 Å². The third-order valence-electron chi connectivity index (χ3n) is 4.29. The van der Waals surface area contributed by atoms with Crippen molar-refractivity contribution in [1.29, 1.82) is 0 Å². The van der Waals surface area contributed by atoms with Crippen LogP contribution in [0.2, 0.25) is 0 Å². The molecule has 4 rings (SSSR count). The van der Waals surface area contributed by atoms with Crippen LogP contribution in [0.3, 0.4) is 0 Å². The highest BCUT2D eigenvalue weighted by molar-refractivity contribution is 7.18. The lowest BCUT2D eigenvalue weighted by atomic mass is 10.3. The average molecular weight is 343 g/mol. The Balaban J connectivity index is 1.65. The zero-order valence-corrected chi connectivity index (χ0v) is 14.3. The quantitative estimate of drug-likeness (QED) is 0.665. The van der Waals surface area contributed by atoms with Crippen molar-refractivity contribution in [2.45, 2.75) is 19.9 Å². The number of rotatable bonds is 1. The third-order valence-corrected chi connectivity index (χ3v) is 5.24. The lowest BCUT2D eigenvalue weighted by molar-refractivity contribution is 0.0759. The Hall–Kier alpha value is -2.48. The van der Waals surface area contributed by atoms with E-state index in [0.29, 0.717) is 37.0 Å². The molecule has 1 amide bonds. The van der Waals surface area contributed by atoms with Crippen LogP contribution in [0.15, 0.2) is 23.3 Å². The molecule has 0 spiro atoms. The Morgan fingerprint density at radius 3 is 2.88 bits per heavy atom. The van der Waals surface area contributed by atoms with Crippen molar-refractivity contribution in [3.05, 3.63) is 45.1 Å². The molecule has 0 fully saturated rings. The first-order valence-electron chi connectivity index (χ1n) is 7.81. The van der Waals surface area contributed by atoms with E-state index in [9.17, 15) is 9.59 Å². The molecule has 0 N–H and O–H groups in total. The summed E-state index contributed by atoms with van der Waals surface area (Å²) in [7, 11) is 1.78. The zero-order valence-electron chi connectivity index (χ0n) is 13.5. The lowest BCUT2D eigenvalue weighted by Crippen LogP contribution is -2.34. The number of carbonyl (C=O) groups excluding carboxylic acids is 1. The summed E-state index contributed by atoms with van der Waals surface area (Å²) in [5, 5.41) is 4.73. The number of fused-ring (bicyclic) bond motifs is 2. The van der Waals surface area contributed by atoms with Crippen LogP contribution >= 0.6 is 11.3 Å². The maximum absolute atomic E-state index is 12.7. The first-order chi connectivity index (χ1) is 11.5. The summed E-state index contributed by atoms with van der Waals surface area (Å²) in [5.41, 5.74) is 0.565. The van der Waals surface area contributed by atoms with E-state index in [-0.39, 0.29) is 11.5 Å². The highest BCUT2D eigenvalue weighted by atomic mass is 32.1. The lowest BCUT2D eigenvalue weighted by Gasteiger charge is -2.18. The molecule has 24 heavy (non-hydrogen) atoms. The molecule has 8 heteroatoms. The molecule has 7 nitrogen and oxygen atoms in total. The summed E-state index contributed by atoms with van der Waals surface area (Å²) in [6.45, 7) is 3.50. The standard InChI is InChI=1S/C16H17N5O2S/c1-10-7-12-14(24-10)18-13-3-4-20(5-6-21(13)16(12)23)15(22)11-8-17-19(2)9-11/h7-9H,3-6H2,1-2H3. The molecule has 0 atom stereocenters. The molecular formula is C16H17N5O2S. The van der Waals surface area contributed by atoms with Crippen LogP contribution in [-0.2, 0) is 20.0 Å². The molecule has 0 saturated carbocycles. The minimum absolute atomic E-state index is 0.00460. The van der Waals surface area contributed by atoms with Crippen LogP contribution in [0, 0.1) is 6.92 Å². The fourth-order valence-corrected chi connectivity index (χ4v) is 3.97. The molecule has 0 aliphatic carbocycles. The van der Waals surface area contributed by atoms with Gasteiger partial charge in [0.15, 0.2) is 0 Å². The first kappa shape index (κ1) is 15.1. The van der Waals surface area contributed by atoms with Gasteiger partial charge in [-0.3, -0.25) is 18.8 Å². The Morgan fingerprint density at radius 1 is 1.29 bits per heavy atom. The molecular weight excluding hydrogens is 326 g/mol. The van der Waals surface area contributed by atoms with Crippen molar-refractivity contribution < 1.29 is 4.79 Å². The minimum Gasteiger partial charge on any atom is -0.336 e. The summed E-state index contributed by atoms with van der Waals surface area (Å²) < 4.78 is 3.33. The summed E-state index contributed by atoms with van der Waals surface area (Å²) in [6, 6.07) is 1.89. The van der Waals surface area contributed by atoms with Gasteiger partial charge in [-0.15, -0.1) is 11.3 Å². The van der Waals surface area contributed by atoms with Crippen LogP contribution < -0.4 is 5.56 Å². The van der Waals surface area contributed by atoms with Crippen LogP contribution in [0.1, 0.15) is 21.1 Å². The van der Waals surface area contributed by atoms with E-state index in [2.05, 4.69) is 10.1 Å². The van der Waals surface area contributed by atoms with Gasteiger partial charge in [-0.05, 0) is 13.0 Å². The normalized spacial score (nSPS) is 14.7. The van der Waals surface area contributed by atoms with E-state index in [1.807, 2.05) is 13.0 Å². The van der Waals surface area contributed by atoms with Crippen molar-refractivity contribution in [1.82, 2.24) is 24.2 Å². The Labute approximate surface area is 142 Å². The van der Waals surface area contributed by atoms with Crippen LogP contribution in [-0.4, -0.2) is 43.2 Å². The van der Waals surface area contributed by atoms with Gasteiger partial charge in [-0.25, -0.2) is 4.98 Å². The molecule has 0 unspecified atom stereocenters. The maximum atomic E-state index is 12.7. The van der Waals surface area contributed by atoms with Gasteiger partial charge < -0.3 is 4.90 Å². The van der Waals surface area contributed by atoms with E-state index in [0.717, 1.165) is 15.5 Å². The molecule has 3 aromatic heterocycles. The predicted molar refractivity (Wildman–Crippen MR) is 91.4 cm³/mol. The Morgan fingerprint density at radius 2 is 2.12 bits per heavy atom. The zero-order chi connectivity index (χ0) is 16.8. The Bertz CT molecular complexity index is 1000. The summed E-state index contributed by atoms with van der Waals surface area (Å²) >= 11 is 1.54. The fourth-order valence-electron chi connectivity index (χ4n) is 3.08. The molecule has 0 aromatic carbocycles. The molecule has 4 heterocycles. The van der Waals surface area contributed by atoms with E-state index < -0.39 is 0 Å². The molecule has 1 aliphatic rings. The topological polar surface area (TPSA) is 73.0 Å². The third kappa shape index (κ3) is 2.43. The van der Waals surface area contributed by atoms with Crippen molar-refractivity contribution in [3.8, 4) is 0 Å². The molecule has 3 aromatic rings. The largest absolute Gasteiger partial charge is 0.336 e. The van der Waals surface area contributed by atoms with Crippen LogP contribution in [0.25, 0.3) is 10.2 Å². The second kappa shape index (κ2) is 5.55. The second-order valence-electron chi connectivity index (χ2n) is 6.01. The van der Waals surface area contributed by atoms with Crippen LogP contribution in [0.4, 0.5) is 0 Å². The number of thiophene rings is 1. The minimum atomic E-state index is -0.0541. The van der Waals surface area contributed by atoms with Gasteiger partial charge in [0.25, 0.3) is 11.5 Å². The number of nitrogens with zero attached hydrogens (tertiary/aromatic N) is 5. The Kier molecular flexibility index (Phi) is 3.49. The van der Waals surface area contributed by atoms with E-state index >= 15 is 0 Å². The monoisotopic (exact) mass is 343 g/mol. The van der Waals surface area contributed by atoms with Gasteiger partial charge in [0, 0.05) is 44.2 Å². The number of aromatic nitrogens is 4. The van der Waals surface area contributed by atoms with E-state index in [1.54, 1.807) is 33.6 Å². The molecule has 1 aliphatic heterocycles. The van der Waals surface area contributed by atoms with Gasteiger partial charge >= 0.3 is 0 Å². The predicted octanol–water partition coefficient (Wildman–Crippen LogP) is 1.20. The van der Waals surface area contributed by atoms with Crippen molar-refractivity contribution >= 4 is 27.5 Å². The van der Waals surface area contributed by atoms with Crippen LogP contribution in [0.5, 0.6) is 0 Å². The number of hydrogen-bond acceptors (Lipinski definition) is 5. The maximum Gasteiger partial charge on any atom is 0.262 e. The summed E-state index contributed by atoms with van der Waals surface area (Å²) in [5.74, 6) is 0.706. The van der Waals surface area contributed by atoms with Gasteiger partial charge in [0.2, 0.25) is 0 Å². The highest BCUT2D eigenvalue weighted by Crippen LogP contribution is 2.21. The smallest absolute Gasteiger partial charge is 0.262 e. The number of carbonyl (C=O) groups is 1. The summed E-state index contributed by atoms with van der Waals surface area (Å²) in [6.07, 6.45) is 3.86. The SMILES string of the molecule is Cc1cc2c(=O)n3c(nc2s1)CCN(C(=O)c1cnn(C)c1)CC3. The van der Waals surface area contributed by atoms with Gasteiger partial charge in [-0.2, -0.15) is 5.10 Å². The molecule has 0 radical (unpaired) electrons.